The first-order valence-corrected chi connectivity index (χ1v) is 7.90. The van der Waals surface area contributed by atoms with Crippen molar-refractivity contribution >= 4 is 0 Å². The normalized spacial score (nSPS) is 46.5. The Morgan fingerprint density at radius 3 is 2.28 bits per heavy atom. The monoisotopic (exact) mass is 251 g/mol. The lowest BCUT2D eigenvalue weighted by molar-refractivity contribution is 0.00177. The summed E-state index contributed by atoms with van der Waals surface area (Å²) < 4.78 is 0. The van der Waals surface area contributed by atoms with Crippen molar-refractivity contribution < 1.29 is 0 Å². The second-order valence-electron chi connectivity index (χ2n) is 6.79. The Bertz CT molecular complexity index is 279. The number of rotatable bonds is 2. The van der Waals surface area contributed by atoms with Crippen molar-refractivity contribution in [3.8, 4) is 0 Å². The first-order chi connectivity index (χ1) is 8.70. The van der Waals surface area contributed by atoms with E-state index in [1.54, 1.807) is 0 Å². The minimum Gasteiger partial charge on any atom is -0.329 e. The molecule has 3 aliphatic rings. The average molecular weight is 251 g/mol. The van der Waals surface area contributed by atoms with Crippen LogP contribution < -0.4 is 5.73 Å². The molecule has 3 aliphatic heterocycles. The molecule has 3 rings (SSSR count). The van der Waals surface area contributed by atoms with Crippen molar-refractivity contribution in [3.63, 3.8) is 0 Å². The second kappa shape index (κ2) is 5.10. The van der Waals surface area contributed by atoms with E-state index in [-0.39, 0.29) is 0 Å². The summed E-state index contributed by atoms with van der Waals surface area (Å²) in [5.74, 6) is 0. The van der Waals surface area contributed by atoms with Crippen LogP contribution >= 0.6 is 0 Å². The van der Waals surface area contributed by atoms with Crippen molar-refractivity contribution in [2.45, 2.75) is 82.1 Å². The number of likely N-dealkylation sites (tertiary alicyclic amines) is 1. The summed E-state index contributed by atoms with van der Waals surface area (Å²) in [6.45, 7) is 3.27. The number of hydrogen-bond donors (Lipinski definition) is 1. The van der Waals surface area contributed by atoms with E-state index >= 15 is 0 Å². The largest absolute Gasteiger partial charge is 0.329 e. The Morgan fingerprint density at radius 1 is 1.00 bits per heavy atom. The van der Waals surface area contributed by atoms with Crippen LogP contribution in [0.3, 0.4) is 0 Å². The van der Waals surface area contributed by atoms with Crippen molar-refractivity contribution in [3.05, 3.63) is 0 Å². The number of nitrogens with zero attached hydrogens (tertiary/aromatic N) is 2. The van der Waals surface area contributed by atoms with Crippen LogP contribution in [-0.4, -0.2) is 53.6 Å². The van der Waals surface area contributed by atoms with Gasteiger partial charge in [-0.1, -0.05) is 6.42 Å². The average Bonchev–Trinajstić information content (AvgIpc) is 2.61. The first-order valence-electron chi connectivity index (χ1n) is 7.90. The van der Waals surface area contributed by atoms with Gasteiger partial charge in [0.1, 0.15) is 0 Å². The molecule has 0 aromatic carbocycles. The van der Waals surface area contributed by atoms with Gasteiger partial charge < -0.3 is 10.6 Å². The van der Waals surface area contributed by atoms with Crippen molar-refractivity contribution in [1.82, 2.24) is 9.80 Å². The van der Waals surface area contributed by atoms with Gasteiger partial charge in [0, 0.05) is 36.8 Å². The minimum absolute atomic E-state index is 0.654. The zero-order valence-corrected chi connectivity index (χ0v) is 12.0. The Balaban J connectivity index is 1.73. The molecule has 18 heavy (non-hydrogen) atoms. The van der Waals surface area contributed by atoms with Gasteiger partial charge in [-0.25, -0.2) is 0 Å². The van der Waals surface area contributed by atoms with E-state index in [0.717, 1.165) is 30.7 Å². The highest BCUT2D eigenvalue weighted by Crippen LogP contribution is 2.39. The highest BCUT2D eigenvalue weighted by Gasteiger charge is 2.43. The van der Waals surface area contributed by atoms with Gasteiger partial charge in [-0.2, -0.15) is 0 Å². The van der Waals surface area contributed by atoms with E-state index in [1.165, 1.54) is 44.9 Å². The highest BCUT2D eigenvalue weighted by atomic mass is 15.3. The molecule has 0 radical (unpaired) electrons. The molecule has 3 saturated heterocycles. The fourth-order valence-electron chi connectivity index (χ4n) is 4.83. The predicted molar refractivity (Wildman–Crippen MR) is 75.6 cm³/mol. The lowest BCUT2D eigenvalue weighted by Crippen LogP contribution is -2.58. The summed E-state index contributed by atoms with van der Waals surface area (Å²) in [6.07, 6.45) is 9.68. The van der Waals surface area contributed by atoms with E-state index in [2.05, 4.69) is 23.8 Å². The van der Waals surface area contributed by atoms with E-state index in [9.17, 15) is 0 Å². The molecule has 0 aromatic rings. The Labute approximate surface area is 112 Å². The van der Waals surface area contributed by atoms with Crippen LogP contribution in [0, 0.1) is 0 Å². The highest BCUT2D eigenvalue weighted by molar-refractivity contribution is 4.99. The summed E-state index contributed by atoms with van der Waals surface area (Å²) in [7, 11) is 2.33. The molecule has 0 spiro atoms. The Kier molecular flexibility index (Phi) is 3.65. The van der Waals surface area contributed by atoms with Crippen LogP contribution in [0.15, 0.2) is 0 Å². The molecular formula is C15H29N3. The van der Waals surface area contributed by atoms with Gasteiger partial charge >= 0.3 is 0 Å². The summed E-state index contributed by atoms with van der Waals surface area (Å²) in [5, 5.41) is 0. The van der Waals surface area contributed by atoms with Crippen LogP contribution in [0.1, 0.15) is 51.9 Å². The molecule has 2 bridgehead atoms. The lowest BCUT2D eigenvalue weighted by atomic mass is 9.88. The fourth-order valence-corrected chi connectivity index (χ4v) is 4.83. The second-order valence-corrected chi connectivity index (χ2v) is 6.79. The molecular weight excluding hydrogens is 222 g/mol. The maximum Gasteiger partial charge on any atom is 0.0224 e. The maximum absolute atomic E-state index is 6.02. The van der Waals surface area contributed by atoms with E-state index < -0.39 is 0 Å². The van der Waals surface area contributed by atoms with Crippen LogP contribution in [0.2, 0.25) is 0 Å². The fraction of sp³-hybridized carbons (Fsp3) is 1.00. The SMILES string of the molecule is CC1CCCC(CN)N1C1CC2CCC(C1)N2C. The lowest BCUT2D eigenvalue weighted by Gasteiger charge is -2.49. The number of fused-ring (bicyclic) bond motifs is 2. The van der Waals surface area contributed by atoms with E-state index in [4.69, 9.17) is 5.73 Å². The number of hydrogen-bond acceptors (Lipinski definition) is 3. The predicted octanol–water partition coefficient (Wildman–Crippen LogP) is 1.81. The number of piperidine rings is 2. The Morgan fingerprint density at radius 2 is 1.67 bits per heavy atom. The summed E-state index contributed by atoms with van der Waals surface area (Å²) in [4.78, 5) is 5.45. The van der Waals surface area contributed by atoms with Gasteiger partial charge in [0.25, 0.3) is 0 Å². The van der Waals surface area contributed by atoms with Crippen LogP contribution in [-0.2, 0) is 0 Å². The molecule has 3 heterocycles. The van der Waals surface area contributed by atoms with Crippen LogP contribution in [0.5, 0.6) is 0 Å². The molecule has 0 aromatic heterocycles. The van der Waals surface area contributed by atoms with Crippen molar-refractivity contribution in [2.24, 2.45) is 5.73 Å². The van der Waals surface area contributed by atoms with E-state index in [0.29, 0.717) is 6.04 Å². The summed E-state index contributed by atoms with van der Waals surface area (Å²) in [5.41, 5.74) is 6.02. The zero-order chi connectivity index (χ0) is 12.7. The summed E-state index contributed by atoms with van der Waals surface area (Å²) >= 11 is 0. The van der Waals surface area contributed by atoms with Gasteiger partial charge in [-0.05, 0) is 52.5 Å². The molecule has 3 nitrogen and oxygen atoms in total. The van der Waals surface area contributed by atoms with Crippen molar-refractivity contribution in [2.75, 3.05) is 13.6 Å². The van der Waals surface area contributed by atoms with Crippen LogP contribution in [0.25, 0.3) is 0 Å². The van der Waals surface area contributed by atoms with Gasteiger partial charge in [0.15, 0.2) is 0 Å². The third-order valence-electron chi connectivity index (χ3n) is 5.86. The third-order valence-corrected chi connectivity index (χ3v) is 5.86. The molecule has 3 heteroatoms. The van der Waals surface area contributed by atoms with E-state index in [1.807, 2.05) is 0 Å². The van der Waals surface area contributed by atoms with Gasteiger partial charge in [0.05, 0.1) is 0 Å². The quantitative estimate of drug-likeness (QED) is 0.812. The number of nitrogens with two attached hydrogens (primary N) is 1. The molecule has 2 N–H and O–H groups in total. The Hall–Kier alpha value is -0.120. The van der Waals surface area contributed by atoms with Gasteiger partial charge in [-0.15, -0.1) is 0 Å². The molecule has 4 unspecified atom stereocenters. The van der Waals surface area contributed by atoms with Crippen LogP contribution in [0.4, 0.5) is 0 Å². The smallest absolute Gasteiger partial charge is 0.0224 e. The van der Waals surface area contributed by atoms with Gasteiger partial charge in [-0.3, -0.25) is 4.90 Å². The zero-order valence-electron chi connectivity index (χ0n) is 12.0. The third kappa shape index (κ3) is 2.10. The molecule has 104 valence electrons. The van der Waals surface area contributed by atoms with Gasteiger partial charge in [0.2, 0.25) is 0 Å². The first kappa shape index (κ1) is 12.9. The topological polar surface area (TPSA) is 32.5 Å². The summed E-state index contributed by atoms with van der Waals surface area (Å²) in [6, 6.07) is 3.91. The molecule has 0 saturated carbocycles. The van der Waals surface area contributed by atoms with Crippen molar-refractivity contribution in [1.29, 1.82) is 0 Å². The maximum atomic E-state index is 6.02. The standard InChI is InChI=1S/C15H29N3/c1-11-4-3-5-14(10-16)18(11)15-8-12-6-7-13(9-15)17(12)2/h11-15H,3-10,16H2,1-2H3. The minimum atomic E-state index is 0.654. The molecule has 4 atom stereocenters. The molecule has 0 amide bonds. The molecule has 3 fully saturated rings. The molecule has 0 aliphatic carbocycles.